The first-order valence-corrected chi connectivity index (χ1v) is 9.54. The number of hydrogen-bond donors (Lipinski definition) is 3. The molecule has 2 saturated heterocycles. The molecule has 4 fully saturated rings. The van der Waals surface area contributed by atoms with Crippen LogP contribution in [0.1, 0.15) is 25.7 Å². The molecule has 150 valence electrons. The fourth-order valence-electron chi connectivity index (χ4n) is 3.84. The molecule has 0 aromatic heterocycles. The predicted molar refractivity (Wildman–Crippen MR) is 79.8 cm³/mol. The number of alkyl halides is 2. The standard InChI is InChI=1S/C13H16F2N4O7S/c14-13(15)3-6(13)9(20)16-17-10(21)7-4-12(1-2-12)8-5-18(7)11(22)19(8)26-27(23,24)25/h6-8H,1-5H2,(H,16,20)(H,17,21)(H,23,24,25). The van der Waals surface area contributed by atoms with E-state index in [1.165, 1.54) is 0 Å². The van der Waals surface area contributed by atoms with E-state index in [1.54, 1.807) is 0 Å². The molecule has 0 aromatic rings. The van der Waals surface area contributed by atoms with Crippen LogP contribution in [0.15, 0.2) is 0 Å². The minimum atomic E-state index is -4.92. The lowest BCUT2D eigenvalue weighted by molar-refractivity contribution is -0.134. The highest BCUT2D eigenvalue weighted by molar-refractivity contribution is 7.80. The number of fused-ring (bicyclic) bond motifs is 3. The Morgan fingerprint density at radius 3 is 2.30 bits per heavy atom. The van der Waals surface area contributed by atoms with Gasteiger partial charge in [-0.1, -0.05) is 0 Å². The molecule has 1 spiro atoms. The van der Waals surface area contributed by atoms with Gasteiger partial charge in [-0.3, -0.25) is 25.0 Å². The summed E-state index contributed by atoms with van der Waals surface area (Å²) in [5.74, 6) is -6.37. The van der Waals surface area contributed by atoms with Gasteiger partial charge in [0.2, 0.25) is 5.91 Å². The minimum Gasteiger partial charge on any atom is -0.309 e. The number of amides is 4. The fraction of sp³-hybridized carbons (Fsp3) is 0.769. The zero-order chi connectivity index (χ0) is 19.8. The van der Waals surface area contributed by atoms with E-state index in [9.17, 15) is 31.6 Å². The summed E-state index contributed by atoms with van der Waals surface area (Å²) in [6.45, 7) is 0.00107. The third-order valence-electron chi connectivity index (χ3n) is 5.59. The van der Waals surface area contributed by atoms with Gasteiger partial charge in [-0.2, -0.15) is 13.5 Å². The van der Waals surface area contributed by atoms with Crippen LogP contribution in [0.5, 0.6) is 0 Å². The van der Waals surface area contributed by atoms with Crippen LogP contribution < -0.4 is 10.9 Å². The second-order valence-electron chi connectivity index (χ2n) is 7.36. The van der Waals surface area contributed by atoms with Crippen LogP contribution in [-0.2, 0) is 24.3 Å². The normalized spacial score (nSPS) is 32.4. The van der Waals surface area contributed by atoms with Crippen LogP contribution in [0.4, 0.5) is 13.6 Å². The molecule has 3 unspecified atom stereocenters. The van der Waals surface area contributed by atoms with Gasteiger partial charge < -0.3 is 4.90 Å². The summed E-state index contributed by atoms with van der Waals surface area (Å²) in [7, 11) is -4.92. The third-order valence-corrected chi connectivity index (χ3v) is 5.94. The number of hydrogen-bond acceptors (Lipinski definition) is 6. The molecule has 3 N–H and O–H groups in total. The van der Waals surface area contributed by atoms with Gasteiger partial charge in [0.15, 0.2) is 0 Å². The van der Waals surface area contributed by atoms with Crippen LogP contribution >= 0.6 is 0 Å². The molecule has 2 aliphatic heterocycles. The van der Waals surface area contributed by atoms with Crippen LogP contribution in [-0.4, -0.2) is 65.3 Å². The van der Waals surface area contributed by atoms with Crippen LogP contribution in [0.2, 0.25) is 0 Å². The molecule has 0 aromatic carbocycles. The SMILES string of the molecule is O=C(NNC(=O)C1CC1(F)F)C1CC2(CC2)C2CN1C(=O)N2OS(=O)(=O)O. The number of nitrogens with zero attached hydrogens (tertiary/aromatic N) is 2. The molecule has 4 amide bonds. The van der Waals surface area contributed by atoms with Gasteiger partial charge in [0, 0.05) is 13.0 Å². The van der Waals surface area contributed by atoms with Gasteiger partial charge in [0.25, 0.3) is 11.8 Å². The van der Waals surface area contributed by atoms with Crippen molar-refractivity contribution in [3.63, 3.8) is 0 Å². The molecule has 14 heteroatoms. The molecule has 2 bridgehead atoms. The molecule has 11 nitrogen and oxygen atoms in total. The number of carbonyl (C=O) groups excluding carboxylic acids is 3. The summed E-state index contributed by atoms with van der Waals surface area (Å²) in [6, 6.07) is -2.59. The molecule has 3 atom stereocenters. The van der Waals surface area contributed by atoms with E-state index < -0.39 is 64.0 Å². The highest BCUT2D eigenvalue weighted by atomic mass is 32.3. The summed E-state index contributed by atoms with van der Waals surface area (Å²) < 4.78 is 61.0. The maximum Gasteiger partial charge on any atom is 0.418 e. The Hall–Kier alpha value is -2.06. The maximum atomic E-state index is 12.9. The fourth-order valence-corrected chi connectivity index (χ4v) is 4.21. The molecular weight excluding hydrogens is 394 g/mol. The molecule has 4 aliphatic rings. The number of rotatable bonds is 4. The highest BCUT2D eigenvalue weighted by Crippen LogP contribution is 2.59. The molecule has 2 saturated carbocycles. The Bertz CT molecular complexity index is 831. The van der Waals surface area contributed by atoms with Crippen molar-refractivity contribution in [2.45, 2.75) is 43.7 Å². The average molecular weight is 410 g/mol. The number of halogens is 2. The van der Waals surface area contributed by atoms with E-state index in [0.29, 0.717) is 17.9 Å². The van der Waals surface area contributed by atoms with E-state index in [1.807, 2.05) is 5.43 Å². The summed E-state index contributed by atoms with van der Waals surface area (Å²) >= 11 is 0. The minimum absolute atomic E-state index is 0.00107. The number of carbonyl (C=O) groups is 3. The quantitative estimate of drug-likeness (QED) is 0.406. The Kier molecular flexibility index (Phi) is 3.72. The lowest BCUT2D eigenvalue weighted by Crippen LogP contribution is -2.56. The Morgan fingerprint density at radius 2 is 1.78 bits per heavy atom. The van der Waals surface area contributed by atoms with Gasteiger partial charge in [0.1, 0.15) is 12.0 Å². The first kappa shape index (κ1) is 18.3. The maximum absolute atomic E-state index is 12.9. The Labute approximate surface area is 151 Å². The summed E-state index contributed by atoms with van der Waals surface area (Å²) in [5.41, 5.74) is 3.44. The lowest BCUT2D eigenvalue weighted by Gasteiger charge is -2.35. The second-order valence-corrected chi connectivity index (χ2v) is 8.36. The number of hydrazine groups is 1. The Morgan fingerprint density at radius 1 is 1.19 bits per heavy atom. The van der Waals surface area contributed by atoms with Crippen molar-refractivity contribution in [2.24, 2.45) is 11.3 Å². The van der Waals surface area contributed by atoms with Gasteiger partial charge in [-0.25, -0.2) is 13.6 Å². The predicted octanol–water partition coefficient (Wildman–Crippen LogP) is -0.818. The van der Waals surface area contributed by atoms with Crippen molar-refractivity contribution < 1.29 is 40.4 Å². The van der Waals surface area contributed by atoms with Crippen LogP contribution in [0.3, 0.4) is 0 Å². The molecule has 4 rings (SSSR count). The van der Waals surface area contributed by atoms with E-state index in [4.69, 9.17) is 4.55 Å². The van der Waals surface area contributed by atoms with E-state index in [2.05, 4.69) is 9.71 Å². The smallest absolute Gasteiger partial charge is 0.309 e. The average Bonchev–Trinajstić information content (AvgIpc) is 3.44. The summed E-state index contributed by atoms with van der Waals surface area (Å²) in [6.07, 6.45) is 0.842. The molecule has 0 radical (unpaired) electrons. The zero-order valence-electron chi connectivity index (χ0n) is 13.7. The second kappa shape index (κ2) is 5.48. The van der Waals surface area contributed by atoms with E-state index in [-0.39, 0.29) is 13.0 Å². The first-order chi connectivity index (χ1) is 12.4. The van der Waals surface area contributed by atoms with Crippen LogP contribution in [0, 0.1) is 11.3 Å². The van der Waals surface area contributed by atoms with Crippen LogP contribution in [0.25, 0.3) is 0 Å². The lowest BCUT2D eigenvalue weighted by atomic mass is 9.85. The number of nitrogens with one attached hydrogen (secondary N) is 2. The van der Waals surface area contributed by atoms with Crippen molar-refractivity contribution in [3.8, 4) is 0 Å². The Balaban J connectivity index is 1.44. The van der Waals surface area contributed by atoms with Crippen molar-refractivity contribution >= 4 is 28.2 Å². The molecular formula is C13H16F2N4O7S. The van der Waals surface area contributed by atoms with Gasteiger partial charge in [-0.05, 0) is 24.7 Å². The van der Waals surface area contributed by atoms with Gasteiger partial charge in [0.05, 0.1) is 6.04 Å². The van der Waals surface area contributed by atoms with Crippen molar-refractivity contribution in [2.75, 3.05) is 6.54 Å². The van der Waals surface area contributed by atoms with Crippen molar-refractivity contribution in [1.82, 2.24) is 20.8 Å². The zero-order valence-corrected chi connectivity index (χ0v) is 14.5. The van der Waals surface area contributed by atoms with Crippen molar-refractivity contribution in [1.29, 1.82) is 0 Å². The molecule has 2 aliphatic carbocycles. The van der Waals surface area contributed by atoms with Gasteiger partial charge >= 0.3 is 16.4 Å². The number of hydroxylamine groups is 2. The van der Waals surface area contributed by atoms with E-state index in [0.717, 1.165) is 4.90 Å². The summed E-state index contributed by atoms with van der Waals surface area (Å²) in [4.78, 5) is 37.5. The topological polar surface area (TPSA) is 145 Å². The molecule has 2 heterocycles. The molecule has 27 heavy (non-hydrogen) atoms. The monoisotopic (exact) mass is 410 g/mol. The summed E-state index contributed by atoms with van der Waals surface area (Å²) in [5, 5.41) is 0.555. The van der Waals surface area contributed by atoms with Gasteiger partial charge in [-0.15, -0.1) is 4.28 Å². The largest absolute Gasteiger partial charge is 0.418 e. The van der Waals surface area contributed by atoms with Crippen molar-refractivity contribution in [3.05, 3.63) is 0 Å². The first-order valence-electron chi connectivity index (χ1n) is 8.18. The number of urea groups is 1. The number of piperidine rings is 1. The van der Waals surface area contributed by atoms with E-state index >= 15 is 0 Å². The highest BCUT2D eigenvalue weighted by Gasteiger charge is 2.65. The third kappa shape index (κ3) is 3.10.